The molecule has 0 saturated carbocycles. The molecule has 2 rings (SSSR count). The zero-order chi connectivity index (χ0) is 14.2. The second-order valence-corrected chi connectivity index (χ2v) is 4.48. The van der Waals surface area contributed by atoms with Gasteiger partial charge in [0.25, 0.3) is 0 Å². The number of nitrogens with zero attached hydrogens (tertiary/aromatic N) is 2. The monoisotopic (exact) mass is 274 g/mol. The van der Waals surface area contributed by atoms with E-state index < -0.39 is 5.82 Å². The maximum absolute atomic E-state index is 12.7. The van der Waals surface area contributed by atoms with E-state index in [1.165, 1.54) is 12.1 Å². The van der Waals surface area contributed by atoms with Gasteiger partial charge in [-0.3, -0.25) is 4.79 Å². The summed E-state index contributed by atoms with van der Waals surface area (Å²) in [6.45, 7) is 0.892. The highest BCUT2D eigenvalue weighted by molar-refractivity contribution is 5.89. The number of aryl methyl sites for hydroxylation is 1. The van der Waals surface area contributed by atoms with Gasteiger partial charge in [-0.15, -0.1) is 0 Å². The minimum Gasteiger partial charge on any atom is -0.311 e. The SMILES string of the molecule is O=C(CCCC[n+]1ccccc1)Nc1ccc(F)cn1. The van der Waals surface area contributed by atoms with Gasteiger partial charge < -0.3 is 5.32 Å². The van der Waals surface area contributed by atoms with E-state index in [1.54, 1.807) is 0 Å². The highest BCUT2D eigenvalue weighted by Gasteiger charge is 2.04. The smallest absolute Gasteiger partial charge is 0.225 e. The molecule has 0 fully saturated rings. The molecule has 0 aliphatic carbocycles. The minimum absolute atomic E-state index is 0.0952. The second-order valence-electron chi connectivity index (χ2n) is 4.48. The third-order valence-corrected chi connectivity index (χ3v) is 2.84. The van der Waals surface area contributed by atoms with Crippen molar-refractivity contribution in [2.45, 2.75) is 25.8 Å². The first-order valence-corrected chi connectivity index (χ1v) is 6.59. The Labute approximate surface area is 117 Å². The Kier molecular flexibility index (Phi) is 5.17. The Morgan fingerprint density at radius 1 is 1.20 bits per heavy atom. The molecule has 0 aliphatic rings. The standard InChI is InChI=1S/C15H16FN3O/c16-13-7-8-14(17-12-13)18-15(20)6-2-5-11-19-9-3-1-4-10-19/h1,3-4,7-10,12H,2,5-6,11H2/p+1. The number of anilines is 1. The number of pyridine rings is 2. The summed E-state index contributed by atoms with van der Waals surface area (Å²) < 4.78 is 14.7. The van der Waals surface area contributed by atoms with Crippen LogP contribution in [0.3, 0.4) is 0 Å². The number of aromatic nitrogens is 2. The molecule has 0 radical (unpaired) electrons. The molecular formula is C15H17FN3O+. The van der Waals surface area contributed by atoms with Gasteiger partial charge in [-0.25, -0.2) is 13.9 Å². The predicted molar refractivity (Wildman–Crippen MR) is 73.3 cm³/mol. The van der Waals surface area contributed by atoms with Crippen molar-refractivity contribution in [1.82, 2.24) is 4.98 Å². The van der Waals surface area contributed by atoms with Gasteiger partial charge in [0.05, 0.1) is 6.20 Å². The number of rotatable bonds is 6. The first kappa shape index (κ1) is 14.1. The van der Waals surface area contributed by atoms with Crippen LogP contribution in [0.1, 0.15) is 19.3 Å². The summed E-state index contributed by atoms with van der Waals surface area (Å²) in [6.07, 6.45) is 7.26. The summed E-state index contributed by atoms with van der Waals surface area (Å²) in [5, 5.41) is 2.64. The first-order valence-electron chi connectivity index (χ1n) is 6.59. The molecule has 0 bridgehead atoms. The van der Waals surface area contributed by atoms with Crippen molar-refractivity contribution in [1.29, 1.82) is 0 Å². The van der Waals surface area contributed by atoms with Crippen LogP contribution >= 0.6 is 0 Å². The number of amides is 1. The maximum atomic E-state index is 12.7. The Morgan fingerprint density at radius 2 is 2.00 bits per heavy atom. The molecule has 0 aliphatic heterocycles. The number of hydrogen-bond donors (Lipinski definition) is 1. The van der Waals surface area contributed by atoms with Crippen molar-refractivity contribution < 1.29 is 13.8 Å². The van der Waals surface area contributed by atoms with E-state index in [0.29, 0.717) is 12.2 Å². The molecule has 20 heavy (non-hydrogen) atoms. The predicted octanol–water partition coefficient (Wildman–Crippen LogP) is 2.32. The number of nitrogens with one attached hydrogen (secondary N) is 1. The lowest BCUT2D eigenvalue weighted by atomic mass is 10.2. The van der Waals surface area contributed by atoms with Gasteiger partial charge in [-0.2, -0.15) is 0 Å². The fraction of sp³-hybridized carbons (Fsp3) is 0.267. The molecule has 0 saturated heterocycles. The highest BCUT2D eigenvalue weighted by Crippen LogP contribution is 2.05. The van der Waals surface area contributed by atoms with Gasteiger partial charge in [0.2, 0.25) is 5.91 Å². The quantitative estimate of drug-likeness (QED) is 0.649. The fourth-order valence-electron chi connectivity index (χ4n) is 1.82. The van der Waals surface area contributed by atoms with Crippen molar-refractivity contribution in [3.05, 3.63) is 54.7 Å². The Balaban J connectivity index is 1.66. The van der Waals surface area contributed by atoms with Gasteiger partial charge in [-0.05, 0) is 18.6 Å². The van der Waals surface area contributed by atoms with Gasteiger partial charge in [0, 0.05) is 25.0 Å². The van der Waals surface area contributed by atoms with Crippen molar-refractivity contribution >= 4 is 11.7 Å². The summed E-state index contributed by atoms with van der Waals surface area (Å²) >= 11 is 0. The summed E-state index contributed by atoms with van der Waals surface area (Å²) in [5.41, 5.74) is 0. The zero-order valence-corrected chi connectivity index (χ0v) is 11.1. The number of carbonyl (C=O) groups is 1. The lowest BCUT2D eigenvalue weighted by molar-refractivity contribution is -0.697. The average Bonchev–Trinajstić information content (AvgIpc) is 2.47. The van der Waals surface area contributed by atoms with Gasteiger partial charge in [0.1, 0.15) is 18.2 Å². The lowest BCUT2D eigenvalue weighted by Crippen LogP contribution is -2.32. The molecule has 0 unspecified atom stereocenters. The van der Waals surface area contributed by atoms with Crippen LogP contribution in [0.25, 0.3) is 0 Å². The average molecular weight is 274 g/mol. The normalized spacial score (nSPS) is 10.2. The van der Waals surface area contributed by atoms with E-state index in [2.05, 4.69) is 14.9 Å². The second kappa shape index (κ2) is 7.33. The van der Waals surface area contributed by atoms with Crippen LogP contribution < -0.4 is 9.88 Å². The van der Waals surface area contributed by atoms with E-state index in [0.717, 1.165) is 25.6 Å². The van der Waals surface area contributed by atoms with Gasteiger partial charge >= 0.3 is 0 Å². The van der Waals surface area contributed by atoms with Crippen LogP contribution in [0.2, 0.25) is 0 Å². The zero-order valence-electron chi connectivity index (χ0n) is 11.1. The van der Waals surface area contributed by atoms with Crippen LogP contribution in [0, 0.1) is 5.82 Å². The van der Waals surface area contributed by atoms with Crippen molar-refractivity contribution in [2.75, 3.05) is 5.32 Å². The summed E-state index contributed by atoms with van der Waals surface area (Å²) in [4.78, 5) is 15.4. The Bertz CT molecular complexity index is 543. The Morgan fingerprint density at radius 3 is 2.70 bits per heavy atom. The highest BCUT2D eigenvalue weighted by atomic mass is 19.1. The minimum atomic E-state index is -0.414. The van der Waals surface area contributed by atoms with E-state index in [1.807, 2.05) is 30.6 Å². The van der Waals surface area contributed by atoms with E-state index in [-0.39, 0.29) is 5.91 Å². The maximum Gasteiger partial charge on any atom is 0.225 e. The van der Waals surface area contributed by atoms with Crippen molar-refractivity contribution in [3.8, 4) is 0 Å². The van der Waals surface area contributed by atoms with E-state index >= 15 is 0 Å². The fourth-order valence-corrected chi connectivity index (χ4v) is 1.82. The third kappa shape index (κ3) is 4.76. The molecule has 5 heteroatoms. The lowest BCUT2D eigenvalue weighted by Gasteiger charge is -2.03. The number of halogens is 1. The van der Waals surface area contributed by atoms with Crippen molar-refractivity contribution in [2.24, 2.45) is 0 Å². The molecule has 2 heterocycles. The van der Waals surface area contributed by atoms with Crippen LogP contribution in [-0.2, 0) is 11.3 Å². The van der Waals surface area contributed by atoms with Gasteiger partial charge in [-0.1, -0.05) is 6.07 Å². The summed E-state index contributed by atoms with van der Waals surface area (Å²) in [5.74, 6) is -0.126. The molecule has 0 spiro atoms. The largest absolute Gasteiger partial charge is 0.311 e. The van der Waals surface area contributed by atoms with Gasteiger partial charge in [0.15, 0.2) is 12.4 Å². The van der Waals surface area contributed by atoms with Crippen LogP contribution in [0.5, 0.6) is 0 Å². The first-order chi connectivity index (χ1) is 9.74. The number of hydrogen-bond acceptors (Lipinski definition) is 2. The topological polar surface area (TPSA) is 45.9 Å². The molecule has 4 nitrogen and oxygen atoms in total. The number of carbonyl (C=O) groups excluding carboxylic acids is 1. The van der Waals surface area contributed by atoms with Crippen molar-refractivity contribution in [3.63, 3.8) is 0 Å². The van der Waals surface area contributed by atoms with E-state index in [4.69, 9.17) is 0 Å². The molecule has 104 valence electrons. The number of unbranched alkanes of at least 4 members (excludes halogenated alkanes) is 1. The third-order valence-electron chi connectivity index (χ3n) is 2.84. The Hall–Kier alpha value is -2.30. The molecule has 0 aromatic carbocycles. The van der Waals surface area contributed by atoms with Crippen LogP contribution in [0.15, 0.2) is 48.9 Å². The molecule has 0 atom stereocenters. The molecule has 2 aromatic rings. The van der Waals surface area contributed by atoms with Crippen LogP contribution in [0.4, 0.5) is 10.2 Å². The molecule has 1 amide bonds. The van der Waals surface area contributed by atoms with Crippen LogP contribution in [-0.4, -0.2) is 10.9 Å². The summed E-state index contributed by atoms with van der Waals surface area (Å²) in [6, 6.07) is 8.65. The molecule has 2 aromatic heterocycles. The molecule has 1 N–H and O–H groups in total. The summed E-state index contributed by atoms with van der Waals surface area (Å²) in [7, 11) is 0. The molecular weight excluding hydrogens is 257 g/mol. The van der Waals surface area contributed by atoms with E-state index in [9.17, 15) is 9.18 Å².